The summed E-state index contributed by atoms with van der Waals surface area (Å²) in [7, 11) is 0. The van der Waals surface area contributed by atoms with E-state index in [9.17, 15) is 9.59 Å². The van der Waals surface area contributed by atoms with Crippen LogP contribution in [0.1, 0.15) is 30.0 Å². The van der Waals surface area contributed by atoms with Gasteiger partial charge in [-0.2, -0.15) is 0 Å². The summed E-state index contributed by atoms with van der Waals surface area (Å²) in [5, 5.41) is 4.02. The monoisotopic (exact) mass is 410 g/mol. The average molecular weight is 411 g/mol. The van der Waals surface area contributed by atoms with Gasteiger partial charge in [0.05, 0.1) is 17.2 Å². The molecule has 0 spiro atoms. The summed E-state index contributed by atoms with van der Waals surface area (Å²) in [5.41, 5.74) is 3.59. The largest absolute Gasteiger partial charge is 0.324 e. The molecule has 2 aromatic carbocycles. The molecule has 1 fully saturated rings. The summed E-state index contributed by atoms with van der Waals surface area (Å²) >= 11 is 6.04. The standard InChI is InChI=1S/C22H23ClN4O2/c1-14-9-15(2)11-17(10-14)25-22(29)26-7-5-18(6-8-26)27-13-24-20-4-3-16(23)12-19(20)21(27)28/h3-4,9-13,18H,5-8H2,1-2H3,(H,25,29). The molecule has 0 unspecified atom stereocenters. The van der Waals surface area contributed by atoms with Crippen LogP contribution in [-0.2, 0) is 0 Å². The van der Waals surface area contributed by atoms with Crippen LogP contribution in [0.15, 0.2) is 47.5 Å². The van der Waals surface area contributed by atoms with Gasteiger partial charge in [0.15, 0.2) is 0 Å². The Hall–Kier alpha value is -2.86. The molecule has 6 nitrogen and oxygen atoms in total. The van der Waals surface area contributed by atoms with Crippen LogP contribution in [0.5, 0.6) is 0 Å². The normalized spacial score (nSPS) is 14.9. The van der Waals surface area contributed by atoms with Crippen LogP contribution in [0.4, 0.5) is 10.5 Å². The number of carbonyl (C=O) groups excluding carboxylic acids is 1. The van der Waals surface area contributed by atoms with Crippen molar-refractivity contribution in [3.63, 3.8) is 0 Å². The molecule has 29 heavy (non-hydrogen) atoms. The van der Waals surface area contributed by atoms with Crippen LogP contribution < -0.4 is 10.9 Å². The summed E-state index contributed by atoms with van der Waals surface area (Å²) in [6, 6.07) is 11.1. The predicted octanol–water partition coefficient (Wildman–Crippen LogP) is 4.54. The van der Waals surface area contributed by atoms with Gasteiger partial charge in [-0.05, 0) is 68.1 Å². The molecule has 1 aliphatic rings. The van der Waals surface area contributed by atoms with Gasteiger partial charge < -0.3 is 10.2 Å². The minimum atomic E-state index is -0.107. The third-order valence-corrected chi connectivity index (χ3v) is 5.60. The molecule has 0 atom stereocenters. The zero-order valence-corrected chi connectivity index (χ0v) is 17.2. The van der Waals surface area contributed by atoms with E-state index in [0.717, 1.165) is 16.8 Å². The number of aromatic nitrogens is 2. The second-order valence-corrected chi connectivity index (χ2v) is 8.08. The number of nitrogens with one attached hydrogen (secondary N) is 1. The summed E-state index contributed by atoms with van der Waals surface area (Å²) < 4.78 is 1.68. The van der Waals surface area contributed by atoms with E-state index in [2.05, 4.69) is 16.4 Å². The first-order valence-corrected chi connectivity index (χ1v) is 10.1. The zero-order valence-electron chi connectivity index (χ0n) is 16.5. The second kappa shape index (κ2) is 7.87. The Morgan fingerprint density at radius 1 is 1.10 bits per heavy atom. The number of piperidine rings is 1. The van der Waals surface area contributed by atoms with E-state index in [0.29, 0.717) is 41.9 Å². The Balaban J connectivity index is 1.45. The van der Waals surface area contributed by atoms with Crippen molar-refractivity contribution in [2.24, 2.45) is 0 Å². The number of urea groups is 1. The topological polar surface area (TPSA) is 67.2 Å². The Morgan fingerprint density at radius 2 is 1.79 bits per heavy atom. The summed E-state index contributed by atoms with van der Waals surface area (Å²) in [6.07, 6.45) is 3.01. The highest BCUT2D eigenvalue weighted by Gasteiger charge is 2.25. The molecule has 4 rings (SSSR count). The number of nitrogens with zero attached hydrogens (tertiary/aromatic N) is 3. The number of likely N-dealkylation sites (tertiary alicyclic amines) is 1. The summed E-state index contributed by atoms with van der Waals surface area (Å²) in [4.78, 5) is 31.7. The van der Waals surface area contributed by atoms with Crippen molar-refractivity contribution < 1.29 is 4.79 Å². The smallest absolute Gasteiger partial charge is 0.321 e. The molecular weight excluding hydrogens is 388 g/mol. The maximum atomic E-state index is 12.9. The van der Waals surface area contributed by atoms with E-state index in [1.165, 1.54) is 0 Å². The molecule has 1 aromatic heterocycles. The first-order chi connectivity index (χ1) is 13.9. The lowest BCUT2D eigenvalue weighted by Crippen LogP contribution is -2.42. The number of carbonyl (C=O) groups is 1. The van der Waals surface area contributed by atoms with Crippen molar-refractivity contribution in [1.29, 1.82) is 0 Å². The molecular formula is C22H23ClN4O2. The zero-order chi connectivity index (χ0) is 20.5. The van der Waals surface area contributed by atoms with Crippen molar-refractivity contribution in [3.8, 4) is 0 Å². The first kappa shape index (κ1) is 19.5. The second-order valence-electron chi connectivity index (χ2n) is 7.64. The molecule has 0 bridgehead atoms. The molecule has 2 amide bonds. The first-order valence-electron chi connectivity index (χ1n) is 9.71. The van der Waals surface area contributed by atoms with E-state index in [4.69, 9.17) is 11.6 Å². The number of hydrogen-bond donors (Lipinski definition) is 1. The van der Waals surface area contributed by atoms with Gasteiger partial charge in [0.25, 0.3) is 5.56 Å². The summed E-state index contributed by atoms with van der Waals surface area (Å²) in [6.45, 7) is 5.19. The van der Waals surface area contributed by atoms with Gasteiger partial charge in [-0.25, -0.2) is 9.78 Å². The molecule has 0 aliphatic carbocycles. The number of anilines is 1. The lowest BCUT2D eigenvalue weighted by Gasteiger charge is -2.32. The van der Waals surface area contributed by atoms with Crippen LogP contribution in [0.3, 0.4) is 0 Å². The fraction of sp³-hybridized carbons (Fsp3) is 0.318. The number of halogens is 1. The third kappa shape index (κ3) is 4.12. The van der Waals surface area contributed by atoms with Gasteiger partial charge in [-0.1, -0.05) is 17.7 Å². The van der Waals surface area contributed by atoms with Gasteiger partial charge in [0.2, 0.25) is 0 Å². The van der Waals surface area contributed by atoms with E-state index in [-0.39, 0.29) is 17.6 Å². The summed E-state index contributed by atoms with van der Waals surface area (Å²) in [5.74, 6) is 0. The molecule has 1 N–H and O–H groups in total. The average Bonchev–Trinajstić information content (AvgIpc) is 2.68. The Kier molecular flexibility index (Phi) is 5.28. The van der Waals surface area contributed by atoms with Crippen molar-refractivity contribution in [1.82, 2.24) is 14.5 Å². The number of benzene rings is 2. The number of fused-ring (bicyclic) bond motifs is 1. The Labute approximate surface area is 174 Å². The van der Waals surface area contributed by atoms with Crippen molar-refractivity contribution >= 4 is 34.2 Å². The molecule has 0 saturated carbocycles. The highest BCUT2D eigenvalue weighted by atomic mass is 35.5. The van der Waals surface area contributed by atoms with E-state index >= 15 is 0 Å². The molecule has 7 heteroatoms. The third-order valence-electron chi connectivity index (χ3n) is 5.36. The van der Waals surface area contributed by atoms with Gasteiger partial charge in [-0.3, -0.25) is 9.36 Å². The Bertz CT molecular complexity index is 1110. The molecule has 3 aromatic rings. The van der Waals surface area contributed by atoms with E-state index < -0.39 is 0 Å². The highest BCUT2D eigenvalue weighted by Crippen LogP contribution is 2.23. The van der Waals surface area contributed by atoms with E-state index in [1.54, 1.807) is 34.0 Å². The highest BCUT2D eigenvalue weighted by molar-refractivity contribution is 6.31. The van der Waals surface area contributed by atoms with Gasteiger partial charge in [0.1, 0.15) is 0 Å². The van der Waals surface area contributed by atoms with Crippen LogP contribution >= 0.6 is 11.6 Å². The quantitative estimate of drug-likeness (QED) is 0.674. The molecule has 1 aliphatic heterocycles. The molecule has 1 saturated heterocycles. The predicted molar refractivity (Wildman–Crippen MR) is 116 cm³/mol. The molecule has 150 valence electrons. The van der Waals surface area contributed by atoms with Crippen molar-refractivity contribution in [2.75, 3.05) is 18.4 Å². The van der Waals surface area contributed by atoms with Gasteiger partial charge in [-0.15, -0.1) is 0 Å². The molecule has 0 radical (unpaired) electrons. The van der Waals surface area contributed by atoms with E-state index in [1.807, 2.05) is 26.0 Å². The lowest BCUT2D eigenvalue weighted by molar-refractivity contribution is 0.182. The van der Waals surface area contributed by atoms with Crippen LogP contribution in [0.25, 0.3) is 10.9 Å². The van der Waals surface area contributed by atoms with Crippen molar-refractivity contribution in [2.45, 2.75) is 32.7 Å². The number of amides is 2. The maximum absolute atomic E-state index is 12.9. The van der Waals surface area contributed by atoms with Gasteiger partial charge >= 0.3 is 6.03 Å². The SMILES string of the molecule is Cc1cc(C)cc(NC(=O)N2CCC(n3cnc4ccc(Cl)cc4c3=O)CC2)c1. The maximum Gasteiger partial charge on any atom is 0.321 e. The molecule has 2 heterocycles. The van der Waals surface area contributed by atoms with Crippen LogP contribution in [-0.4, -0.2) is 33.6 Å². The van der Waals surface area contributed by atoms with Crippen LogP contribution in [0.2, 0.25) is 5.02 Å². The lowest BCUT2D eigenvalue weighted by atomic mass is 10.0. The Morgan fingerprint density at radius 3 is 2.48 bits per heavy atom. The van der Waals surface area contributed by atoms with Gasteiger partial charge in [0, 0.05) is 29.8 Å². The number of hydrogen-bond acceptors (Lipinski definition) is 3. The van der Waals surface area contributed by atoms with Crippen molar-refractivity contribution in [3.05, 3.63) is 69.2 Å². The number of aryl methyl sites for hydroxylation is 2. The fourth-order valence-corrected chi connectivity index (χ4v) is 4.14. The minimum Gasteiger partial charge on any atom is -0.324 e. The number of rotatable bonds is 2. The fourth-order valence-electron chi connectivity index (χ4n) is 3.96. The van der Waals surface area contributed by atoms with Crippen LogP contribution in [0, 0.1) is 13.8 Å². The minimum absolute atomic E-state index is 0.0173.